The molecule has 7 nitrogen and oxygen atoms in total. The van der Waals surface area contributed by atoms with Crippen molar-refractivity contribution in [3.05, 3.63) is 65.4 Å². The number of nitrogens with one attached hydrogen (secondary N) is 1. The number of fused-ring (bicyclic) bond motifs is 2. The third kappa shape index (κ3) is 4.41. The SMILES string of the molecule is CC1NCc2cc(N3CCN(C[C@H]4CN(c5ccc(C#N)c6ncccc56)C[C@@H](C)O4)CC3)ccc21. The number of morpholine rings is 1. The molecule has 186 valence electrons. The number of ether oxygens (including phenoxy) is 1. The molecular formula is C29H34N6O. The summed E-state index contributed by atoms with van der Waals surface area (Å²) in [5.41, 5.74) is 6.77. The average Bonchev–Trinajstić information content (AvgIpc) is 3.28. The summed E-state index contributed by atoms with van der Waals surface area (Å²) in [5, 5.41) is 14.1. The fourth-order valence-electron chi connectivity index (χ4n) is 6.08. The molecule has 3 aromatic rings. The Bertz CT molecular complexity index is 1290. The summed E-state index contributed by atoms with van der Waals surface area (Å²) in [6.07, 6.45) is 2.06. The number of piperazine rings is 1. The first-order valence-electron chi connectivity index (χ1n) is 13.1. The molecule has 1 aromatic heterocycles. The second-order valence-electron chi connectivity index (χ2n) is 10.4. The lowest BCUT2D eigenvalue weighted by Crippen LogP contribution is -2.54. The first kappa shape index (κ1) is 23.2. The molecular weight excluding hydrogens is 448 g/mol. The van der Waals surface area contributed by atoms with Gasteiger partial charge < -0.3 is 19.9 Å². The Hall–Kier alpha value is -3.18. The molecule has 3 aliphatic heterocycles. The molecule has 3 atom stereocenters. The maximum atomic E-state index is 9.51. The van der Waals surface area contributed by atoms with E-state index in [1.54, 1.807) is 6.20 Å². The standard InChI is InChI=1S/C29H34N6O/c1-20-17-35(28-8-5-22(15-30)29-27(28)4-3-9-31-29)19-25(36-20)18-33-10-12-34(13-11-33)24-6-7-26-21(2)32-16-23(26)14-24/h3-9,14,20-21,25,32H,10-13,16-19H2,1-2H3/t20-,21?,25+/m1/s1. The van der Waals surface area contributed by atoms with Crippen LogP contribution in [0.15, 0.2) is 48.7 Å². The molecule has 1 N–H and O–H groups in total. The van der Waals surface area contributed by atoms with Gasteiger partial charge in [-0.15, -0.1) is 0 Å². The van der Waals surface area contributed by atoms with Gasteiger partial charge >= 0.3 is 0 Å². The van der Waals surface area contributed by atoms with Crippen molar-refractivity contribution in [1.29, 1.82) is 5.26 Å². The van der Waals surface area contributed by atoms with Crippen LogP contribution in [0, 0.1) is 11.3 Å². The summed E-state index contributed by atoms with van der Waals surface area (Å²) in [6, 6.07) is 17.7. The summed E-state index contributed by atoms with van der Waals surface area (Å²) in [6.45, 7) is 12.2. The predicted octanol–water partition coefficient (Wildman–Crippen LogP) is 3.69. The molecule has 3 aliphatic rings. The molecule has 0 amide bonds. The van der Waals surface area contributed by atoms with Crippen LogP contribution in [0.5, 0.6) is 0 Å². The highest BCUT2D eigenvalue weighted by Crippen LogP contribution is 2.31. The van der Waals surface area contributed by atoms with E-state index in [0.717, 1.165) is 68.9 Å². The first-order valence-corrected chi connectivity index (χ1v) is 13.1. The summed E-state index contributed by atoms with van der Waals surface area (Å²) in [4.78, 5) is 12.0. The lowest BCUT2D eigenvalue weighted by molar-refractivity contribution is -0.0327. The highest BCUT2D eigenvalue weighted by Gasteiger charge is 2.30. The summed E-state index contributed by atoms with van der Waals surface area (Å²) >= 11 is 0. The van der Waals surface area contributed by atoms with Crippen LogP contribution in [-0.4, -0.2) is 67.9 Å². The molecule has 4 heterocycles. The third-order valence-corrected chi connectivity index (χ3v) is 7.93. The Morgan fingerprint density at radius 1 is 1.06 bits per heavy atom. The first-order chi connectivity index (χ1) is 17.6. The number of nitrogens with zero attached hydrogens (tertiary/aromatic N) is 5. The number of pyridine rings is 1. The number of benzene rings is 2. The van der Waals surface area contributed by atoms with Gasteiger partial charge in [-0.1, -0.05) is 6.07 Å². The second-order valence-corrected chi connectivity index (χ2v) is 10.4. The van der Waals surface area contributed by atoms with E-state index in [0.29, 0.717) is 11.6 Å². The van der Waals surface area contributed by atoms with Gasteiger partial charge in [0.1, 0.15) is 6.07 Å². The van der Waals surface area contributed by atoms with Crippen LogP contribution < -0.4 is 15.1 Å². The Morgan fingerprint density at radius 2 is 1.92 bits per heavy atom. The number of nitriles is 1. The summed E-state index contributed by atoms with van der Waals surface area (Å²) in [5.74, 6) is 0. The predicted molar refractivity (Wildman–Crippen MR) is 143 cm³/mol. The molecule has 36 heavy (non-hydrogen) atoms. The topological polar surface area (TPSA) is 67.7 Å². The highest BCUT2D eigenvalue weighted by atomic mass is 16.5. The molecule has 2 aromatic carbocycles. The van der Waals surface area contributed by atoms with Crippen LogP contribution in [0.1, 0.15) is 36.6 Å². The van der Waals surface area contributed by atoms with Gasteiger partial charge in [-0.25, -0.2) is 0 Å². The van der Waals surface area contributed by atoms with E-state index < -0.39 is 0 Å². The molecule has 1 unspecified atom stereocenters. The lowest BCUT2D eigenvalue weighted by atomic mass is 10.0. The minimum absolute atomic E-state index is 0.148. The summed E-state index contributed by atoms with van der Waals surface area (Å²) in [7, 11) is 0. The quantitative estimate of drug-likeness (QED) is 0.608. The van der Waals surface area contributed by atoms with Crippen molar-refractivity contribution in [3.63, 3.8) is 0 Å². The zero-order chi connectivity index (χ0) is 24.6. The lowest BCUT2D eigenvalue weighted by Gasteiger charge is -2.42. The number of hydrogen-bond acceptors (Lipinski definition) is 7. The minimum Gasteiger partial charge on any atom is -0.370 e. The molecule has 0 aliphatic carbocycles. The highest BCUT2D eigenvalue weighted by molar-refractivity contribution is 5.95. The number of hydrogen-bond donors (Lipinski definition) is 1. The van der Waals surface area contributed by atoms with Crippen molar-refractivity contribution in [2.75, 3.05) is 55.6 Å². The van der Waals surface area contributed by atoms with Crippen molar-refractivity contribution in [2.24, 2.45) is 0 Å². The summed E-state index contributed by atoms with van der Waals surface area (Å²) < 4.78 is 6.40. The fourth-order valence-corrected chi connectivity index (χ4v) is 6.08. The normalized spacial score (nSPS) is 24.6. The number of rotatable bonds is 4. The van der Waals surface area contributed by atoms with Gasteiger partial charge in [0.2, 0.25) is 0 Å². The van der Waals surface area contributed by atoms with Crippen molar-refractivity contribution >= 4 is 22.3 Å². The van der Waals surface area contributed by atoms with Gasteiger partial charge in [0.05, 0.1) is 23.3 Å². The maximum absolute atomic E-state index is 9.51. The number of anilines is 2. The molecule has 7 heteroatoms. The smallest absolute Gasteiger partial charge is 0.101 e. The van der Waals surface area contributed by atoms with Crippen molar-refractivity contribution < 1.29 is 4.74 Å². The average molecular weight is 483 g/mol. The molecule has 0 radical (unpaired) electrons. The third-order valence-electron chi connectivity index (χ3n) is 7.93. The van der Waals surface area contributed by atoms with Gasteiger partial charge in [0.25, 0.3) is 0 Å². The van der Waals surface area contributed by atoms with E-state index in [1.807, 2.05) is 12.1 Å². The van der Waals surface area contributed by atoms with E-state index in [-0.39, 0.29) is 12.2 Å². The minimum atomic E-state index is 0.148. The molecule has 0 bridgehead atoms. The van der Waals surface area contributed by atoms with Crippen molar-refractivity contribution in [3.8, 4) is 6.07 Å². The van der Waals surface area contributed by atoms with E-state index in [2.05, 4.69) is 75.2 Å². The molecule has 6 rings (SSSR count). The van der Waals surface area contributed by atoms with E-state index in [1.165, 1.54) is 16.8 Å². The van der Waals surface area contributed by atoms with Crippen LogP contribution in [0.25, 0.3) is 10.9 Å². The van der Waals surface area contributed by atoms with Gasteiger partial charge in [-0.2, -0.15) is 5.26 Å². The van der Waals surface area contributed by atoms with Crippen LogP contribution in [0.3, 0.4) is 0 Å². The van der Waals surface area contributed by atoms with Gasteiger partial charge in [0.15, 0.2) is 0 Å². The van der Waals surface area contributed by atoms with Crippen LogP contribution in [0.4, 0.5) is 11.4 Å². The van der Waals surface area contributed by atoms with Crippen LogP contribution in [0.2, 0.25) is 0 Å². The van der Waals surface area contributed by atoms with E-state index in [9.17, 15) is 5.26 Å². The Morgan fingerprint density at radius 3 is 2.75 bits per heavy atom. The van der Waals surface area contributed by atoms with E-state index >= 15 is 0 Å². The molecule has 2 saturated heterocycles. The Balaban J connectivity index is 1.11. The Kier molecular flexibility index (Phi) is 6.26. The van der Waals surface area contributed by atoms with Crippen molar-refractivity contribution in [1.82, 2.24) is 15.2 Å². The monoisotopic (exact) mass is 482 g/mol. The van der Waals surface area contributed by atoms with Crippen molar-refractivity contribution in [2.45, 2.75) is 38.6 Å². The van der Waals surface area contributed by atoms with Gasteiger partial charge in [-0.3, -0.25) is 9.88 Å². The second kappa shape index (κ2) is 9.70. The molecule has 0 saturated carbocycles. The molecule has 2 fully saturated rings. The van der Waals surface area contributed by atoms with Gasteiger partial charge in [-0.05, 0) is 61.4 Å². The fraction of sp³-hybridized carbons (Fsp3) is 0.448. The number of aromatic nitrogens is 1. The van der Waals surface area contributed by atoms with E-state index in [4.69, 9.17) is 4.74 Å². The van der Waals surface area contributed by atoms with Crippen LogP contribution in [-0.2, 0) is 11.3 Å². The maximum Gasteiger partial charge on any atom is 0.101 e. The largest absolute Gasteiger partial charge is 0.370 e. The zero-order valence-electron chi connectivity index (χ0n) is 21.2. The van der Waals surface area contributed by atoms with Gasteiger partial charge in [0, 0.05) is 81.4 Å². The zero-order valence-corrected chi connectivity index (χ0v) is 21.2. The molecule has 0 spiro atoms. The van der Waals surface area contributed by atoms with Crippen LogP contribution >= 0.6 is 0 Å². The Labute approximate surface area is 213 Å².